The number of ether oxygens (including phenoxy) is 2. The number of likely N-dealkylation sites (tertiary alicyclic amines) is 1. The Bertz CT molecular complexity index is 699. The van der Waals surface area contributed by atoms with Crippen molar-refractivity contribution in [3.05, 3.63) is 23.8 Å². The average molecular weight is 372 g/mol. The highest BCUT2D eigenvalue weighted by Crippen LogP contribution is 2.33. The number of nitrogens with one attached hydrogen (secondary N) is 1. The van der Waals surface area contributed by atoms with Gasteiger partial charge in [-0.1, -0.05) is 25.3 Å². The summed E-state index contributed by atoms with van der Waals surface area (Å²) in [5.74, 6) is 1.60. The van der Waals surface area contributed by atoms with E-state index in [1.807, 2.05) is 18.2 Å². The van der Waals surface area contributed by atoms with E-state index in [2.05, 4.69) is 5.32 Å². The van der Waals surface area contributed by atoms with Crippen LogP contribution in [0.2, 0.25) is 0 Å². The highest BCUT2D eigenvalue weighted by Gasteiger charge is 2.34. The Morgan fingerprint density at radius 2 is 1.85 bits per heavy atom. The van der Waals surface area contributed by atoms with Crippen LogP contribution in [0.4, 0.5) is 0 Å². The molecule has 1 saturated carbocycles. The molecule has 2 amide bonds. The van der Waals surface area contributed by atoms with Crippen molar-refractivity contribution < 1.29 is 19.1 Å². The maximum absolute atomic E-state index is 12.7. The SMILES string of the molecule is O=C(NC1CCCCC1)C1CCCN1C(=O)CCc1ccc2c(c1)OCO2. The summed E-state index contributed by atoms with van der Waals surface area (Å²) >= 11 is 0. The third kappa shape index (κ3) is 4.20. The first kappa shape index (κ1) is 18.1. The van der Waals surface area contributed by atoms with Crippen LogP contribution >= 0.6 is 0 Å². The van der Waals surface area contributed by atoms with Crippen molar-refractivity contribution in [1.82, 2.24) is 10.2 Å². The Labute approximate surface area is 160 Å². The van der Waals surface area contributed by atoms with Crippen LogP contribution < -0.4 is 14.8 Å². The van der Waals surface area contributed by atoms with Crippen molar-refractivity contribution in [3.8, 4) is 11.5 Å². The molecule has 2 heterocycles. The number of amides is 2. The van der Waals surface area contributed by atoms with Gasteiger partial charge < -0.3 is 19.7 Å². The first-order valence-corrected chi connectivity index (χ1v) is 10.2. The summed E-state index contributed by atoms with van der Waals surface area (Å²) in [7, 11) is 0. The van der Waals surface area contributed by atoms with Crippen molar-refractivity contribution in [2.75, 3.05) is 13.3 Å². The Balaban J connectivity index is 1.31. The van der Waals surface area contributed by atoms with Gasteiger partial charge in [-0.05, 0) is 49.8 Å². The monoisotopic (exact) mass is 372 g/mol. The molecule has 2 aliphatic heterocycles. The van der Waals surface area contributed by atoms with E-state index < -0.39 is 0 Å². The third-order valence-corrected chi connectivity index (χ3v) is 5.89. The molecule has 0 aromatic heterocycles. The molecule has 0 spiro atoms. The minimum absolute atomic E-state index is 0.0378. The molecule has 1 aliphatic carbocycles. The third-order valence-electron chi connectivity index (χ3n) is 5.89. The van der Waals surface area contributed by atoms with Crippen molar-refractivity contribution >= 4 is 11.8 Å². The molecule has 0 bridgehead atoms. The van der Waals surface area contributed by atoms with Gasteiger partial charge in [0.25, 0.3) is 0 Å². The van der Waals surface area contributed by atoms with Crippen LogP contribution in [0.15, 0.2) is 18.2 Å². The van der Waals surface area contributed by atoms with Gasteiger partial charge in [0.2, 0.25) is 18.6 Å². The predicted octanol–water partition coefficient (Wildman–Crippen LogP) is 2.79. The summed E-state index contributed by atoms with van der Waals surface area (Å²) in [4.78, 5) is 27.2. The maximum atomic E-state index is 12.7. The number of rotatable bonds is 5. The van der Waals surface area contributed by atoms with Gasteiger partial charge in [-0.25, -0.2) is 0 Å². The fourth-order valence-corrected chi connectivity index (χ4v) is 4.37. The summed E-state index contributed by atoms with van der Waals surface area (Å²) in [5, 5.41) is 3.18. The topological polar surface area (TPSA) is 67.9 Å². The van der Waals surface area contributed by atoms with Crippen molar-refractivity contribution in [2.24, 2.45) is 0 Å². The first-order valence-electron chi connectivity index (χ1n) is 10.2. The summed E-state index contributed by atoms with van der Waals surface area (Å²) < 4.78 is 10.7. The van der Waals surface area contributed by atoms with E-state index in [4.69, 9.17) is 9.47 Å². The molecule has 1 aromatic carbocycles. The van der Waals surface area contributed by atoms with Gasteiger partial charge in [0.05, 0.1) is 0 Å². The summed E-state index contributed by atoms with van der Waals surface area (Å²) in [6.45, 7) is 0.937. The number of hydrogen-bond donors (Lipinski definition) is 1. The lowest BCUT2D eigenvalue weighted by atomic mass is 9.95. The van der Waals surface area contributed by atoms with E-state index in [1.165, 1.54) is 19.3 Å². The fourth-order valence-electron chi connectivity index (χ4n) is 4.37. The Morgan fingerprint density at radius 3 is 2.70 bits per heavy atom. The van der Waals surface area contributed by atoms with Gasteiger partial charge in [-0.15, -0.1) is 0 Å². The second-order valence-corrected chi connectivity index (χ2v) is 7.78. The number of benzene rings is 1. The zero-order valence-corrected chi connectivity index (χ0v) is 15.7. The van der Waals surface area contributed by atoms with Crippen molar-refractivity contribution in [3.63, 3.8) is 0 Å². The highest BCUT2D eigenvalue weighted by atomic mass is 16.7. The predicted molar refractivity (Wildman–Crippen MR) is 101 cm³/mol. The van der Waals surface area contributed by atoms with Gasteiger partial charge in [0.15, 0.2) is 11.5 Å². The first-order chi connectivity index (χ1) is 13.2. The maximum Gasteiger partial charge on any atom is 0.243 e. The number of aryl methyl sites for hydroxylation is 1. The van der Waals surface area contributed by atoms with Gasteiger partial charge in [-0.2, -0.15) is 0 Å². The minimum Gasteiger partial charge on any atom is -0.454 e. The number of hydrogen-bond acceptors (Lipinski definition) is 4. The van der Waals surface area contributed by atoms with Crippen LogP contribution in [0.5, 0.6) is 11.5 Å². The lowest BCUT2D eigenvalue weighted by Crippen LogP contribution is -2.49. The molecule has 27 heavy (non-hydrogen) atoms. The lowest BCUT2D eigenvalue weighted by Gasteiger charge is -2.28. The van der Waals surface area contributed by atoms with Crippen LogP contribution in [0, 0.1) is 0 Å². The molecule has 1 N–H and O–H groups in total. The van der Waals surface area contributed by atoms with Crippen molar-refractivity contribution in [1.29, 1.82) is 0 Å². The Morgan fingerprint density at radius 1 is 1.04 bits per heavy atom. The number of carbonyl (C=O) groups excluding carboxylic acids is 2. The molecular formula is C21H28N2O4. The van der Waals surface area contributed by atoms with Gasteiger partial charge >= 0.3 is 0 Å². The minimum atomic E-state index is -0.295. The molecule has 1 aromatic rings. The molecule has 1 unspecified atom stereocenters. The number of fused-ring (bicyclic) bond motifs is 1. The molecule has 1 atom stereocenters. The standard InChI is InChI=1S/C21H28N2O4/c24-20(11-9-15-8-10-18-19(13-15)27-14-26-18)23-12-4-7-17(23)21(25)22-16-5-2-1-3-6-16/h8,10,13,16-17H,1-7,9,11-12,14H2,(H,22,25). The van der Waals surface area contributed by atoms with Crippen LogP contribution in [0.25, 0.3) is 0 Å². The second-order valence-electron chi connectivity index (χ2n) is 7.78. The van der Waals surface area contributed by atoms with Gasteiger partial charge in [-0.3, -0.25) is 9.59 Å². The van der Waals surface area contributed by atoms with Gasteiger partial charge in [0.1, 0.15) is 6.04 Å². The Kier molecular flexibility index (Phi) is 5.50. The van der Waals surface area contributed by atoms with E-state index in [-0.39, 0.29) is 30.7 Å². The van der Waals surface area contributed by atoms with E-state index in [0.717, 1.165) is 42.7 Å². The quantitative estimate of drug-likeness (QED) is 0.863. The van der Waals surface area contributed by atoms with Crippen LogP contribution in [-0.4, -0.2) is 42.1 Å². The second kappa shape index (κ2) is 8.19. The molecule has 3 aliphatic rings. The number of nitrogens with zero attached hydrogens (tertiary/aromatic N) is 1. The largest absolute Gasteiger partial charge is 0.454 e. The van der Waals surface area contributed by atoms with E-state index in [1.54, 1.807) is 4.90 Å². The van der Waals surface area contributed by atoms with E-state index >= 15 is 0 Å². The zero-order chi connectivity index (χ0) is 18.6. The van der Waals surface area contributed by atoms with Gasteiger partial charge in [0, 0.05) is 19.0 Å². The van der Waals surface area contributed by atoms with E-state index in [0.29, 0.717) is 19.4 Å². The van der Waals surface area contributed by atoms with Crippen LogP contribution in [-0.2, 0) is 16.0 Å². The zero-order valence-electron chi connectivity index (χ0n) is 15.7. The van der Waals surface area contributed by atoms with Crippen LogP contribution in [0.3, 0.4) is 0 Å². The average Bonchev–Trinajstić information content (AvgIpc) is 3.35. The summed E-state index contributed by atoms with van der Waals surface area (Å²) in [5.41, 5.74) is 1.05. The molecule has 2 fully saturated rings. The fraction of sp³-hybridized carbons (Fsp3) is 0.619. The van der Waals surface area contributed by atoms with Crippen molar-refractivity contribution in [2.45, 2.75) is 69.9 Å². The molecule has 6 heteroatoms. The molecule has 4 rings (SSSR count). The lowest BCUT2D eigenvalue weighted by molar-refractivity contribution is -0.138. The van der Waals surface area contributed by atoms with Crippen LogP contribution in [0.1, 0.15) is 56.9 Å². The summed E-state index contributed by atoms with van der Waals surface area (Å²) in [6.07, 6.45) is 8.50. The molecule has 1 saturated heterocycles. The Hall–Kier alpha value is -2.24. The summed E-state index contributed by atoms with van der Waals surface area (Å²) in [6, 6.07) is 5.79. The van der Waals surface area contributed by atoms with E-state index in [9.17, 15) is 9.59 Å². The highest BCUT2D eigenvalue weighted by molar-refractivity contribution is 5.88. The number of carbonyl (C=O) groups is 2. The molecule has 146 valence electrons. The molecular weight excluding hydrogens is 344 g/mol. The smallest absolute Gasteiger partial charge is 0.243 e. The molecule has 6 nitrogen and oxygen atoms in total. The molecule has 0 radical (unpaired) electrons. The normalized spacial score (nSPS) is 22.1.